The molecule has 7 atom stereocenters. The van der Waals surface area contributed by atoms with E-state index in [2.05, 4.69) is 36.2 Å². The first-order chi connectivity index (χ1) is 16.4. The molecule has 0 radical (unpaired) electrons. The van der Waals surface area contributed by atoms with Gasteiger partial charge in [0, 0.05) is 35.5 Å². The van der Waals surface area contributed by atoms with Crippen molar-refractivity contribution in [3.8, 4) is 11.5 Å². The quantitative estimate of drug-likeness (QED) is 0.745. The second kappa shape index (κ2) is 6.57. The van der Waals surface area contributed by atoms with Gasteiger partial charge >= 0.3 is 0 Å². The van der Waals surface area contributed by atoms with Gasteiger partial charge in [0.2, 0.25) is 0 Å². The topological polar surface area (TPSA) is 51.2 Å². The molecule has 2 aromatic carbocycles. The zero-order valence-electron chi connectivity index (χ0n) is 20.6. The molecule has 2 aromatic rings. The molecular formula is C29H35NO4. The van der Waals surface area contributed by atoms with E-state index in [1.54, 1.807) is 7.11 Å². The van der Waals surface area contributed by atoms with Crippen LogP contribution in [0, 0.1) is 11.3 Å². The van der Waals surface area contributed by atoms with Crippen molar-refractivity contribution in [1.82, 2.24) is 4.90 Å². The van der Waals surface area contributed by atoms with Crippen LogP contribution in [0.3, 0.4) is 0 Å². The summed E-state index contributed by atoms with van der Waals surface area (Å²) in [6.07, 6.45) is 4.90. The highest BCUT2D eigenvalue weighted by Crippen LogP contribution is 2.77. The van der Waals surface area contributed by atoms with Gasteiger partial charge in [0.25, 0.3) is 0 Å². The van der Waals surface area contributed by atoms with Crippen LogP contribution in [0.5, 0.6) is 11.5 Å². The van der Waals surface area contributed by atoms with Gasteiger partial charge in [-0.15, -0.1) is 0 Å². The van der Waals surface area contributed by atoms with Crippen molar-refractivity contribution in [1.29, 1.82) is 0 Å². The van der Waals surface area contributed by atoms with Gasteiger partial charge < -0.3 is 24.2 Å². The summed E-state index contributed by atoms with van der Waals surface area (Å²) in [4.78, 5) is 2.59. The molecule has 2 heterocycles. The number of hydrogen-bond acceptors (Lipinski definition) is 5. The zero-order valence-corrected chi connectivity index (χ0v) is 20.6. The minimum Gasteiger partial charge on any atom is -0.493 e. The van der Waals surface area contributed by atoms with Crippen molar-refractivity contribution in [3.05, 3.63) is 59.2 Å². The first-order valence-electron chi connectivity index (χ1n) is 12.8. The number of nitrogens with zero attached hydrogens (tertiary/aromatic N) is 1. The van der Waals surface area contributed by atoms with Crippen LogP contribution in [-0.2, 0) is 22.2 Å². The van der Waals surface area contributed by atoms with Gasteiger partial charge in [0.05, 0.1) is 12.7 Å². The number of likely N-dealkylation sites (N-methyl/N-ethyl adjacent to an activating group) is 1. The average Bonchev–Trinajstić information content (AvgIpc) is 3.23. The van der Waals surface area contributed by atoms with Gasteiger partial charge in [0.15, 0.2) is 11.5 Å². The predicted octanol–water partition coefficient (Wildman–Crippen LogP) is 4.05. The average molecular weight is 462 g/mol. The number of likely N-dealkylation sites (tertiary alicyclic amines) is 1. The second-order valence-corrected chi connectivity index (χ2v) is 11.6. The van der Waals surface area contributed by atoms with Crippen LogP contribution in [0.4, 0.5) is 0 Å². The van der Waals surface area contributed by atoms with Crippen LogP contribution in [0.1, 0.15) is 49.3 Å². The Morgan fingerprint density at radius 1 is 1.09 bits per heavy atom. The molecule has 2 spiro atoms. The number of aliphatic hydroxyl groups is 1. The summed E-state index contributed by atoms with van der Waals surface area (Å²) in [5, 5.41) is 12.2. The zero-order chi connectivity index (χ0) is 23.5. The second-order valence-electron chi connectivity index (χ2n) is 11.6. The summed E-state index contributed by atoms with van der Waals surface area (Å²) in [6.45, 7) is 3.05. The van der Waals surface area contributed by atoms with Crippen molar-refractivity contribution in [2.45, 2.75) is 67.8 Å². The van der Waals surface area contributed by atoms with E-state index in [4.69, 9.17) is 14.2 Å². The van der Waals surface area contributed by atoms with Gasteiger partial charge in [-0.3, -0.25) is 0 Å². The lowest BCUT2D eigenvalue weighted by Gasteiger charge is -2.74. The number of methoxy groups -OCH3 is 2. The molecule has 1 saturated heterocycles. The van der Waals surface area contributed by atoms with Crippen LogP contribution in [0.15, 0.2) is 42.5 Å². The number of piperidine rings is 1. The Hall–Kier alpha value is -2.08. The van der Waals surface area contributed by atoms with Gasteiger partial charge in [-0.2, -0.15) is 0 Å². The first kappa shape index (κ1) is 21.2. The molecule has 1 unspecified atom stereocenters. The van der Waals surface area contributed by atoms with Crippen molar-refractivity contribution in [2.75, 3.05) is 27.8 Å². The normalized spacial score (nSPS) is 40.9. The summed E-state index contributed by atoms with van der Waals surface area (Å²) in [7, 11) is 5.87. The van der Waals surface area contributed by atoms with Crippen LogP contribution < -0.4 is 9.47 Å². The molecule has 0 amide bonds. The third-order valence-corrected chi connectivity index (χ3v) is 10.9. The number of hydrogen-bond donors (Lipinski definition) is 1. The summed E-state index contributed by atoms with van der Waals surface area (Å²) in [5.41, 5.74) is 2.10. The van der Waals surface area contributed by atoms with E-state index in [0.29, 0.717) is 6.04 Å². The fourth-order valence-electron chi connectivity index (χ4n) is 9.47. The molecule has 4 fully saturated rings. The summed E-state index contributed by atoms with van der Waals surface area (Å²) in [5.74, 6) is 1.68. The Labute approximate surface area is 202 Å². The molecule has 6 aliphatic rings. The van der Waals surface area contributed by atoms with Crippen LogP contribution in [0.25, 0.3) is 0 Å². The largest absolute Gasteiger partial charge is 0.493 e. The lowest BCUT2D eigenvalue weighted by molar-refractivity contribution is -0.303. The maximum Gasteiger partial charge on any atom is 0.165 e. The van der Waals surface area contributed by atoms with Crippen molar-refractivity contribution in [3.63, 3.8) is 0 Å². The SMILES string of the molecule is COc1ccc2c3c1O[C@H]1[C@@]4(OC)CC[C@@]5(C[C@@H]4C(C)(O)c4ccccc4)[C@@H](C2)N(C)CC[C@]315. The lowest BCUT2D eigenvalue weighted by atomic mass is 9.33. The standard InChI is InChI=1S/C29H35NO4/c1-26(31,19-8-6-5-7-9-19)21-17-27-12-13-29(21,33-4)25-28(27)14-15-30(2)22(27)16-18-10-11-20(32-3)24(34-25)23(18)28/h5-11,21-22,25,31H,12-17H2,1-4H3/t21-,22-,25-,26?,27-,28+,29-/m1/s1. The monoisotopic (exact) mass is 461 g/mol. The van der Waals surface area contributed by atoms with Gasteiger partial charge in [0.1, 0.15) is 11.7 Å². The number of rotatable bonds is 4. The molecule has 3 saturated carbocycles. The Bertz CT molecular complexity index is 1160. The van der Waals surface area contributed by atoms with Crippen LogP contribution in [-0.4, -0.2) is 55.6 Å². The molecule has 4 bridgehead atoms. The maximum absolute atomic E-state index is 12.2. The fourth-order valence-corrected chi connectivity index (χ4v) is 9.47. The van der Waals surface area contributed by atoms with Gasteiger partial charge in [-0.05, 0) is 69.8 Å². The summed E-state index contributed by atoms with van der Waals surface area (Å²) in [6, 6.07) is 14.9. The molecule has 8 rings (SSSR count). The van der Waals surface area contributed by atoms with E-state index in [-0.39, 0.29) is 22.9 Å². The number of fused-ring (bicyclic) bond motifs is 2. The lowest BCUT2D eigenvalue weighted by Crippen LogP contribution is -2.82. The molecule has 5 heteroatoms. The van der Waals surface area contributed by atoms with E-state index in [9.17, 15) is 5.11 Å². The summed E-state index contributed by atoms with van der Waals surface area (Å²) < 4.78 is 19.5. The molecule has 1 N–H and O–H groups in total. The smallest absolute Gasteiger partial charge is 0.165 e. The van der Waals surface area contributed by atoms with Crippen LogP contribution >= 0.6 is 0 Å². The van der Waals surface area contributed by atoms with E-state index >= 15 is 0 Å². The predicted molar refractivity (Wildman–Crippen MR) is 129 cm³/mol. The Balaban J connectivity index is 1.50. The van der Waals surface area contributed by atoms with E-state index < -0.39 is 11.2 Å². The highest BCUT2D eigenvalue weighted by Gasteiger charge is 2.81. The van der Waals surface area contributed by atoms with E-state index in [1.807, 2.05) is 32.2 Å². The molecule has 0 aromatic heterocycles. The van der Waals surface area contributed by atoms with Crippen LogP contribution in [0.2, 0.25) is 0 Å². The minimum absolute atomic E-state index is 0.0407. The third-order valence-electron chi connectivity index (χ3n) is 10.9. The highest BCUT2D eigenvalue weighted by atomic mass is 16.6. The Morgan fingerprint density at radius 3 is 2.62 bits per heavy atom. The molecule has 34 heavy (non-hydrogen) atoms. The first-order valence-corrected chi connectivity index (χ1v) is 12.8. The van der Waals surface area contributed by atoms with Gasteiger partial charge in [-0.25, -0.2) is 0 Å². The van der Waals surface area contributed by atoms with Gasteiger partial charge in [-0.1, -0.05) is 36.4 Å². The number of ether oxygens (including phenoxy) is 3. The van der Waals surface area contributed by atoms with E-state index in [0.717, 1.165) is 55.7 Å². The van der Waals surface area contributed by atoms with Crippen molar-refractivity contribution >= 4 is 0 Å². The Kier molecular flexibility index (Phi) is 4.10. The summed E-state index contributed by atoms with van der Waals surface area (Å²) >= 11 is 0. The minimum atomic E-state index is -1.03. The van der Waals surface area contributed by atoms with Crippen molar-refractivity contribution in [2.24, 2.45) is 11.3 Å². The molecule has 2 aliphatic heterocycles. The molecule has 4 aliphatic carbocycles. The molecule has 5 nitrogen and oxygen atoms in total. The maximum atomic E-state index is 12.2. The Morgan fingerprint density at radius 2 is 1.88 bits per heavy atom. The molecular weight excluding hydrogens is 426 g/mol. The van der Waals surface area contributed by atoms with Crippen molar-refractivity contribution < 1.29 is 19.3 Å². The third kappa shape index (κ3) is 2.11. The van der Waals surface area contributed by atoms with E-state index in [1.165, 1.54) is 11.1 Å². The highest BCUT2D eigenvalue weighted by molar-refractivity contribution is 5.63. The number of benzene rings is 2. The molecule has 180 valence electrons. The fraction of sp³-hybridized carbons (Fsp3) is 0.586.